The molecule has 1 aliphatic heterocycles. The number of fused-ring (bicyclic) bond motifs is 1. The first-order chi connectivity index (χ1) is 10.1. The number of benzene rings is 1. The molecule has 2 aromatic rings. The maximum Gasteiger partial charge on any atom is 0.247 e. The molecule has 0 saturated carbocycles. The molecule has 118 valence electrons. The smallest absolute Gasteiger partial charge is 0.247 e. The number of rotatable bonds is 4. The Balaban J connectivity index is 0.00000176. The Hall–Kier alpha value is -1.19. The van der Waals surface area contributed by atoms with E-state index >= 15 is 0 Å². The van der Waals surface area contributed by atoms with E-state index in [4.69, 9.17) is 0 Å². The lowest BCUT2D eigenvalue weighted by Crippen LogP contribution is -2.27. The molecule has 1 aromatic heterocycles. The standard InChI is InChI=1S/C16H19N2O2P.ClH/c19-21(20,11-9-13-4-2-1-3-5-13)16-7-6-14-12-17-10-8-15(14)18-16;/h1-7,17H,8-12H2,(H,19,20);1H. The molecule has 4 nitrogen and oxygen atoms in total. The van der Waals surface area contributed by atoms with Crippen LogP contribution in [0.3, 0.4) is 0 Å². The monoisotopic (exact) mass is 338 g/mol. The van der Waals surface area contributed by atoms with Gasteiger partial charge in [-0.25, -0.2) is 4.98 Å². The van der Waals surface area contributed by atoms with Crippen LogP contribution in [0, 0.1) is 0 Å². The normalized spacial score (nSPS) is 16.2. The summed E-state index contributed by atoms with van der Waals surface area (Å²) in [5, 5.41) is 3.27. The molecule has 0 fully saturated rings. The fraction of sp³-hybridized carbons (Fsp3) is 0.312. The molecular weight excluding hydrogens is 319 g/mol. The van der Waals surface area contributed by atoms with Crippen molar-refractivity contribution in [1.82, 2.24) is 10.3 Å². The predicted molar refractivity (Wildman–Crippen MR) is 91.4 cm³/mol. The van der Waals surface area contributed by atoms with Crippen LogP contribution in [-0.2, 0) is 24.0 Å². The van der Waals surface area contributed by atoms with Gasteiger partial charge in [0.2, 0.25) is 7.37 Å². The molecule has 2 heterocycles. The van der Waals surface area contributed by atoms with Crippen molar-refractivity contribution < 1.29 is 9.46 Å². The molecule has 6 heteroatoms. The molecule has 22 heavy (non-hydrogen) atoms. The van der Waals surface area contributed by atoms with Gasteiger partial charge in [-0.15, -0.1) is 12.4 Å². The largest absolute Gasteiger partial charge is 0.340 e. The highest BCUT2D eigenvalue weighted by molar-refractivity contribution is 7.65. The second-order valence-electron chi connectivity index (χ2n) is 5.36. The Morgan fingerprint density at radius 2 is 1.95 bits per heavy atom. The fourth-order valence-corrected chi connectivity index (χ4v) is 3.94. The van der Waals surface area contributed by atoms with Crippen LogP contribution in [0.25, 0.3) is 0 Å². The molecule has 1 atom stereocenters. The molecule has 0 amide bonds. The number of hydrogen-bond donors (Lipinski definition) is 2. The van der Waals surface area contributed by atoms with Gasteiger partial charge in [-0.3, -0.25) is 4.57 Å². The van der Waals surface area contributed by atoms with Gasteiger partial charge in [-0.2, -0.15) is 0 Å². The maximum atomic E-state index is 12.6. The molecule has 3 rings (SSSR count). The van der Waals surface area contributed by atoms with Crippen molar-refractivity contribution in [3.8, 4) is 0 Å². The Kier molecular flexibility index (Phi) is 5.76. The van der Waals surface area contributed by atoms with Gasteiger partial charge in [-0.05, 0) is 23.6 Å². The van der Waals surface area contributed by atoms with E-state index in [1.165, 1.54) is 0 Å². The molecule has 0 radical (unpaired) electrons. The summed E-state index contributed by atoms with van der Waals surface area (Å²) in [6, 6.07) is 13.4. The first-order valence-electron chi connectivity index (χ1n) is 7.21. The van der Waals surface area contributed by atoms with Crippen LogP contribution in [0.4, 0.5) is 0 Å². The van der Waals surface area contributed by atoms with Gasteiger partial charge in [0.15, 0.2) is 0 Å². The number of nitrogens with one attached hydrogen (secondary N) is 1. The van der Waals surface area contributed by atoms with E-state index in [2.05, 4.69) is 10.3 Å². The molecule has 0 spiro atoms. The number of aromatic nitrogens is 1. The molecule has 0 saturated heterocycles. The van der Waals surface area contributed by atoms with Crippen LogP contribution in [0.1, 0.15) is 16.8 Å². The van der Waals surface area contributed by atoms with Crippen molar-refractivity contribution in [2.24, 2.45) is 0 Å². The number of nitrogens with zero attached hydrogens (tertiary/aromatic N) is 1. The lowest BCUT2D eigenvalue weighted by Gasteiger charge is -2.18. The van der Waals surface area contributed by atoms with E-state index in [0.29, 0.717) is 11.9 Å². The Labute approximate surface area is 136 Å². The Morgan fingerprint density at radius 1 is 1.18 bits per heavy atom. The van der Waals surface area contributed by atoms with Gasteiger partial charge in [-0.1, -0.05) is 36.4 Å². The van der Waals surface area contributed by atoms with E-state index in [0.717, 1.165) is 36.3 Å². The van der Waals surface area contributed by atoms with Crippen LogP contribution in [-0.4, -0.2) is 22.6 Å². The molecule has 0 aliphatic carbocycles. The minimum absolute atomic E-state index is 0. The average molecular weight is 339 g/mol. The zero-order valence-electron chi connectivity index (χ0n) is 12.2. The van der Waals surface area contributed by atoms with Crippen LogP contribution >= 0.6 is 19.8 Å². The van der Waals surface area contributed by atoms with E-state index in [1.54, 1.807) is 6.07 Å². The summed E-state index contributed by atoms with van der Waals surface area (Å²) in [4.78, 5) is 14.8. The number of aryl methyl sites for hydroxylation is 1. The van der Waals surface area contributed by atoms with Crippen LogP contribution in [0.2, 0.25) is 0 Å². The zero-order valence-corrected chi connectivity index (χ0v) is 13.9. The van der Waals surface area contributed by atoms with Crippen LogP contribution in [0.15, 0.2) is 42.5 Å². The van der Waals surface area contributed by atoms with E-state index in [9.17, 15) is 9.46 Å². The summed E-state index contributed by atoms with van der Waals surface area (Å²) in [5.74, 6) is 0. The van der Waals surface area contributed by atoms with E-state index < -0.39 is 7.37 Å². The second kappa shape index (κ2) is 7.38. The molecule has 1 aromatic carbocycles. The van der Waals surface area contributed by atoms with E-state index in [1.807, 2.05) is 36.4 Å². The van der Waals surface area contributed by atoms with Gasteiger partial charge in [0.25, 0.3) is 0 Å². The molecule has 2 N–H and O–H groups in total. The Bertz CT molecular complexity index is 679. The first kappa shape index (κ1) is 17.2. The second-order valence-corrected chi connectivity index (χ2v) is 7.67. The van der Waals surface area contributed by atoms with Gasteiger partial charge in [0, 0.05) is 31.4 Å². The highest BCUT2D eigenvalue weighted by Crippen LogP contribution is 2.39. The Morgan fingerprint density at radius 3 is 2.73 bits per heavy atom. The maximum absolute atomic E-state index is 12.6. The van der Waals surface area contributed by atoms with Gasteiger partial charge < -0.3 is 10.2 Å². The van der Waals surface area contributed by atoms with Gasteiger partial charge >= 0.3 is 0 Å². The molecular formula is C16H20ClN2O2P. The lowest BCUT2D eigenvalue weighted by atomic mass is 10.1. The summed E-state index contributed by atoms with van der Waals surface area (Å²) >= 11 is 0. The fourth-order valence-electron chi connectivity index (χ4n) is 2.56. The number of pyridine rings is 1. The van der Waals surface area contributed by atoms with E-state index in [-0.39, 0.29) is 18.6 Å². The molecule has 1 aliphatic rings. The van der Waals surface area contributed by atoms with Crippen molar-refractivity contribution in [3.05, 3.63) is 59.3 Å². The molecule has 0 bridgehead atoms. The van der Waals surface area contributed by atoms with Crippen molar-refractivity contribution >= 4 is 25.2 Å². The van der Waals surface area contributed by atoms with Crippen molar-refractivity contribution in [3.63, 3.8) is 0 Å². The topological polar surface area (TPSA) is 62.2 Å². The predicted octanol–water partition coefficient (Wildman–Crippen LogP) is 2.29. The van der Waals surface area contributed by atoms with Crippen molar-refractivity contribution in [1.29, 1.82) is 0 Å². The lowest BCUT2D eigenvalue weighted by molar-refractivity contribution is 0.488. The summed E-state index contributed by atoms with van der Waals surface area (Å²) in [7, 11) is -3.39. The SMILES string of the molecule is Cl.O=P(O)(CCc1ccccc1)c1ccc2c(n1)CCNC2. The minimum atomic E-state index is -3.39. The highest BCUT2D eigenvalue weighted by Gasteiger charge is 2.24. The third kappa shape index (κ3) is 3.96. The summed E-state index contributed by atoms with van der Waals surface area (Å²) in [6.45, 7) is 1.67. The average Bonchev–Trinajstić information content (AvgIpc) is 2.53. The zero-order chi connectivity index (χ0) is 14.7. The summed E-state index contributed by atoms with van der Waals surface area (Å²) in [6.07, 6.45) is 1.65. The number of halogens is 1. The minimum Gasteiger partial charge on any atom is -0.340 e. The molecule has 1 unspecified atom stereocenters. The summed E-state index contributed by atoms with van der Waals surface area (Å²) in [5.41, 5.74) is 3.52. The van der Waals surface area contributed by atoms with Crippen LogP contribution in [0.5, 0.6) is 0 Å². The third-order valence-corrected chi connectivity index (χ3v) is 5.61. The summed E-state index contributed by atoms with van der Waals surface area (Å²) < 4.78 is 12.6. The van der Waals surface area contributed by atoms with Crippen molar-refractivity contribution in [2.45, 2.75) is 19.4 Å². The first-order valence-corrected chi connectivity index (χ1v) is 9.05. The highest BCUT2D eigenvalue weighted by atomic mass is 35.5. The van der Waals surface area contributed by atoms with Gasteiger partial charge in [0.05, 0.1) is 0 Å². The van der Waals surface area contributed by atoms with Gasteiger partial charge in [0.1, 0.15) is 5.44 Å². The quantitative estimate of drug-likeness (QED) is 0.840. The van der Waals surface area contributed by atoms with Crippen LogP contribution < -0.4 is 10.8 Å². The van der Waals surface area contributed by atoms with Crippen molar-refractivity contribution in [2.75, 3.05) is 12.7 Å². The third-order valence-electron chi connectivity index (χ3n) is 3.81. The number of hydrogen-bond acceptors (Lipinski definition) is 3.